The Kier molecular flexibility index (Phi) is 8.02. The summed E-state index contributed by atoms with van der Waals surface area (Å²) in [4.78, 5) is 35.8. The summed E-state index contributed by atoms with van der Waals surface area (Å²) in [5.74, 6) is -1.31. The standard InChI is InChI=1S/C17H14O4S.C17H14O4/c1-22(19,20)14-9-7-12(8-10-14)15-11-21-17(18)16(15)13-5-3-2-4-6-13;1-9-6-7-13-15(20)12-5-3-4-11(8-14(18)19)17(12)21-16(13)10(9)2/h2-10H,11H2,1H3;3-7H,8H2,1-2H3,(H,18,19). The summed E-state index contributed by atoms with van der Waals surface area (Å²) >= 11 is 0. The minimum atomic E-state index is -3.23. The van der Waals surface area contributed by atoms with E-state index in [0.717, 1.165) is 27.8 Å². The number of hydrogen-bond acceptors (Lipinski definition) is 7. The largest absolute Gasteiger partial charge is 0.481 e. The lowest BCUT2D eigenvalue weighted by molar-refractivity contribution is -0.136. The van der Waals surface area contributed by atoms with Crippen LogP contribution in [0.1, 0.15) is 27.8 Å². The number of carboxylic acids is 1. The maximum Gasteiger partial charge on any atom is 0.339 e. The maximum atomic E-state index is 12.6. The number of ether oxygens (including phenoxy) is 1. The Morgan fingerprint density at radius 3 is 2.14 bits per heavy atom. The first-order valence-electron chi connectivity index (χ1n) is 13.4. The van der Waals surface area contributed by atoms with Crippen LogP contribution >= 0.6 is 0 Å². The molecule has 1 N–H and O–H groups in total. The monoisotopic (exact) mass is 596 g/mol. The lowest BCUT2D eigenvalue weighted by atomic mass is 9.97. The van der Waals surface area contributed by atoms with Crippen molar-refractivity contribution < 1.29 is 32.3 Å². The summed E-state index contributed by atoms with van der Waals surface area (Å²) in [6.07, 6.45) is 0.996. The van der Waals surface area contributed by atoms with Crippen LogP contribution in [0.15, 0.2) is 99.0 Å². The molecule has 0 spiro atoms. The van der Waals surface area contributed by atoms with Crippen molar-refractivity contribution in [2.75, 3.05) is 12.9 Å². The van der Waals surface area contributed by atoms with Crippen LogP contribution in [0.2, 0.25) is 0 Å². The van der Waals surface area contributed by atoms with Gasteiger partial charge in [-0.25, -0.2) is 13.2 Å². The number of aliphatic carboxylic acids is 1. The van der Waals surface area contributed by atoms with Gasteiger partial charge < -0.3 is 14.3 Å². The summed E-state index contributed by atoms with van der Waals surface area (Å²) in [5, 5.41) is 9.93. The van der Waals surface area contributed by atoms with Crippen LogP contribution in [-0.2, 0) is 30.6 Å². The molecule has 6 rings (SSSR count). The number of hydrogen-bond donors (Lipinski definition) is 1. The van der Waals surface area contributed by atoms with Gasteiger partial charge >= 0.3 is 11.9 Å². The zero-order chi connectivity index (χ0) is 30.9. The molecule has 1 aromatic heterocycles. The quantitative estimate of drug-likeness (QED) is 0.201. The average Bonchev–Trinajstić information content (AvgIpc) is 3.37. The van der Waals surface area contributed by atoms with E-state index >= 15 is 0 Å². The molecule has 0 saturated heterocycles. The van der Waals surface area contributed by atoms with Gasteiger partial charge in [0.15, 0.2) is 9.84 Å². The van der Waals surface area contributed by atoms with Crippen molar-refractivity contribution >= 4 is 54.9 Å². The third-order valence-corrected chi connectivity index (χ3v) is 8.48. The van der Waals surface area contributed by atoms with E-state index in [0.29, 0.717) is 33.1 Å². The van der Waals surface area contributed by atoms with E-state index in [1.165, 1.54) is 6.26 Å². The summed E-state index contributed by atoms with van der Waals surface area (Å²) in [6, 6.07) is 24.5. The van der Waals surface area contributed by atoms with Gasteiger partial charge in [0.25, 0.3) is 0 Å². The smallest absolute Gasteiger partial charge is 0.339 e. The van der Waals surface area contributed by atoms with Gasteiger partial charge in [-0.05, 0) is 60.4 Å². The molecular weight excluding hydrogens is 568 g/mol. The molecule has 43 heavy (non-hydrogen) atoms. The number of esters is 1. The zero-order valence-electron chi connectivity index (χ0n) is 23.7. The second kappa shape index (κ2) is 11.7. The van der Waals surface area contributed by atoms with Crippen LogP contribution in [0.5, 0.6) is 0 Å². The van der Waals surface area contributed by atoms with E-state index in [9.17, 15) is 22.8 Å². The summed E-state index contributed by atoms with van der Waals surface area (Å²) in [5.41, 5.74) is 6.11. The van der Waals surface area contributed by atoms with E-state index in [1.807, 2.05) is 50.2 Å². The van der Waals surface area contributed by atoms with Crippen LogP contribution in [-0.4, -0.2) is 38.3 Å². The molecule has 0 bridgehead atoms. The molecule has 0 atom stereocenters. The van der Waals surface area contributed by atoms with Gasteiger partial charge in [0.2, 0.25) is 5.43 Å². The van der Waals surface area contributed by atoms with Crippen LogP contribution in [0.25, 0.3) is 33.1 Å². The Labute approximate surface area is 247 Å². The van der Waals surface area contributed by atoms with Crippen molar-refractivity contribution in [3.05, 3.63) is 123 Å². The van der Waals surface area contributed by atoms with Gasteiger partial charge in [0.05, 0.1) is 27.7 Å². The highest BCUT2D eigenvalue weighted by Gasteiger charge is 2.27. The van der Waals surface area contributed by atoms with Crippen LogP contribution < -0.4 is 5.43 Å². The molecule has 9 heteroatoms. The van der Waals surface area contributed by atoms with E-state index in [-0.39, 0.29) is 29.3 Å². The molecule has 0 fully saturated rings. The fraction of sp³-hybridized carbons (Fsp3) is 0.147. The average molecular weight is 597 g/mol. The van der Waals surface area contributed by atoms with E-state index in [1.54, 1.807) is 48.5 Å². The van der Waals surface area contributed by atoms with Gasteiger partial charge in [-0.15, -0.1) is 0 Å². The second-order valence-electron chi connectivity index (χ2n) is 10.3. The number of carbonyl (C=O) groups is 2. The normalized spacial score (nSPS) is 13.1. The molecule has 5 aromatic rings. The second-order valence-corrected chi connectivity index (χ2v) is 12.3. The van der Waals surface area contributed by atoms with Gasteiger partial charge in [0.1, 0.15) is 17.8 Å². The highest BCUT2D eigenvalue weighted by atomic mass is 32.2. The Hall–Kier alpha value is -5.02. The SMILES string of the molecule is CS(=O)(=O)c1ccc(C2=C(c3ccccc3)C(=O)OC2)cc1.Cc1ccc2c(=O)c3cccc(CC(=O)O)c3oc2c1C. The lowest BCUT2D eigenvalue weighted by Crippen LogP contribution is -2.06. The maximum absolute atomic E-state index is 12.6. The number of carboxylic acid groups (broad SMARTS) is 1. The topological polar surface area (TPSA) is 128 Å². The van der Waals surface area contributed by atoms with Crippen LogP contribution in [0, 0.1) is 13.8 Å². The Morgan fingerprint density at radius 2 is 1.49 bits per heavy atom. The molecule has 0 radical (unpaired) electrons. The van der Waals surface area contributed by atoms with Gasteiger partial charge in [-0.3, -0.25) is 9.59 Å². The minimum Gasteiger partial charge on any atom is -0.481 e. The number of aryl methyl sites for hydroxylation is 2. The van der Waals surface area contributed by atoms with Gasteiger partial charge in [-0.2, -0.15) is 0 Å². The number of rotatable bonds is 5. The van der Waals surface area contributed by atoms with Crippen LogP contribution in [0.4, 0.5) is 0 Å². The van der Waals surface area contributed by atoms with Crippen LogP contribution in [0.3, 0.4) is 0 Å². The molecular formula is C34H28O8S. The third-order valence-electron chi connectivity index (χ3n) is 7.36. The first-order valence-corrected chi connectivity index (χ1v) is 15.3. The molecule has 0 aliphatic carbocycles. The number of sulfone groups is 1. The highest BCUT2D eigenvalue weighted by Crippen LogP contribution is 2.33. The van der Waals surface area contributed by atoms with E-state index < -0.39 is 15.8 Å². The summed E-state index contributed by atoms with van der Waals surface area (Å²) in [7, 11) is -3.23. The van der Waals surface area contributed by atoms with Crippen molar-refractivity contribution in [2.45, 2.75) is 25.2 Å². The number of cyclic esters (lactones) is 1. The third kappa shape index (κ3) is 5.98. The molecule has 0 unspecified atom stereocenters. The van der Waals surface area contributed by atoms with E-state index in [4.69, 9.17) is 14.3 Å². The fourth-order valence-electron chi connectivity index (χ4n) is 4.97. The molecule has 2 heterocycles. The molecule has 218 valence electrons. The van der Waals surface area contributed by atoms with Crippen molar-refractivity contribution in [3.63, 3.8) is 0 Å². The number of fused-ring (bicyclic) bond motifs is 2. The fourth-order valence-corrected chi connectivity index (χ4v) is 5.60. The number of para-hydroxylation sites is 1. The lowest BCUT2D eigenvalue weighted by Gasteiger charge is -2.08. The van der Waals surface area contributed by atoms with Crippen molar-refractivity contribution in [1.82, 2.24) is 0 Å². The predicted octanol–water partition coefficient (Wildman–Crippen LogP) is 5.75. The van der Waals surface area contributed by atoms with Gasteiger partial charge in [0, 0.05) is 17.4 Å². The Morgan fingerprint density at radius 1 is 0.814 bits per heavy atom. The first-order chi connectivity index (χ1) is 20.5. The van der Waals surface area contributed by atoms with Crippen molar-refractivity contribution in [2.24, 2.45) is 0 Å². The number of carbonyl (C=O) groups excluding carboxylic acids is 1. The van der Waals surface area contributed by atoms with E-state index in [2.05, 4.69) is 0 Å². The Bertz CT molecular complexity index is 2090. The van der Waals surface area contributed by atoms with Crippen molar-refractivity contribution in [3.8, 4) is 0 Å². The molecule has 1 aliphatic rings. The molecule has 8 nitrogen and oxygen atoms in total. The molecule has 0 saturated carbocycles. The van der Waals surface area contributed by atoms with Gasteiger partial charge in [-0.1, -0.05) is 60.7 Å². The Balaban J connectivity index is 0.000000171. The molecule has 1 aliphatic heterocycles. The molecule has 4 aromatic carbocycles. The molecule has 0 amide bonds. The van der Waals surface area contributed by atoms with Crippen molar-refractivity contribution in [1.29, 1.82) is 0 Å². The first kappa shape index (κ1) is 29.5. The summed E-state index contributed by atoms with van der Waals surface area (Å²) < 4.78 is 34.1. The zero-order valence-corrected chi connectivity index (χ0v) is 24.5. The predicted molar refractivity (Wildman–Crippen MR) is 165 cm³/mol. The highest BCUT2D eigenvalue weighted by molar-refractivity contribution is 7.90. The summed E-state index contributed by atoms with van der Waals surface area (Å²) in [6.45, 7) is 4.04. The minimum absolute atomic E-state index is 0.124. The number of benzene rings is 4.